The second kappa shape index (κ2) is 7.60. The van der Waals surface area contributed by atoms with Crippen molar-refractivity contribution < 1.29 is 4.79 Å². The first-order valence-corrected chi connectivity index (χ1v) is 8.75. The summed E-state index contributed by atoms with van der Waals surface area (Å²) in [5, 5.41) is 5.60. The molecule has 1 aliphatic carbocycles. The van der Waals surface area contributed by atoms with E-state index in [9.17, 15) is 4.79 Å². The minimum atomic E-state index is 0.176. The molecule has 1 N–H and O–H groups in total. The van der Waals surface area contributed by atoms with Crippen molar-refractivity contribution in [2.45, 2.75) is 45.2 Å². The van der Waals surface area contributed by atoms with E-state index in [1.165, 1.54) is 29.2 Å². The van der Waals surface area contributed by atoms with Crippen molar-refractivity contribution in [1.82, 2.24) is 10.2 Å². The third-order valence-corrected chi connectivity index (χ3v) is 4.51. The van der Waals surface area contributed by atoms with Crippen molar-refractivity contribution in [2.75, 3.05) is 13.1 Å². The van der Waals surface area contributed by atoms with Crippen LogP contribution in [0.25, 0.3) is 10.8 Å². The molecule has 0 radical (unpaired) electrons. The van der Waals surface area contributed by atoms with Crippen molar-refractivity contribution in [3.05, 3.63) is 48.0 Å². The van der Waals surface area contributed by atoms with Crippen LogP contribution < -0.4 is 5.32 Å². The molecule has 0 heterocycles. The molecule has 2 aromatic rings. The Morgan fingerprint density at radius 1 is 1.17 bits per heavy atom. The third-order valence-electron chi connectivity index (χ3n) is 4.51. The molecular formula is C20H26N2O. The van der Waals surface area contributed by atoms with Crippen molar-refractivity contribution in [3.8, 4) is 0 Å². The van der Waals surface area contributed by atoms with E-state index in [2.05, 4.69) is 59.6 Å². The van der Waals surface area contributed by atoms with Crippen LogP contribution in [0.1, 0.15) is 38.2 Å². The SMILES string of the molecule is CCCNC(=O)CCN(Cc1cccc2ccccc12)C1CC1. The molecule has 0 aromatic heterocycles. The Labute approximate surface area is 138 Å². The normalized spacial score (nSPS) is 14.3. The molecule has 3 heteroatoms. The van der Waals surface area contributed by atoms with Gasteiger partial charge in [0.15, 0.2) is 0 Å². The van der Waals surface area contributed by atoms with E-state index in [1.54, 1.807) is 0 Å². The Morgan fingerprint density at radius 2 is 1.96 bits per heavy atom. The van der Waals surface area contributed by atoms with Gasteiger partial charge in [0.05, 0.1) is 0 Å². The highest BCUT2D eigenvalue weighted by molar-refractivity contribution is 5.85. The maximum Gasteiger partial charge on any atom is 0.221 e. The number of hydrogen-bond acceptors (Lipinski definition) is 2. The van der Waals surface area contributed by atoms with E-state index in [-0.39, 0.29) is 5.91 Å². The van der Waals surface area contributed by atoms with Gasteiger partial charge in [0.1, 0.15) is 0 Å². The van der Waals surface area contributed by atoms with E-state index < -0.39 is 0 Å². The van der Waals surface area contributed by atoms with Gasteiger partial charge in [0.2, 0.25) is 5.91 Å². The van der Waals surface area contributed by atoms with Crippen LogP contribution in [0.4, 0.5) is 0 Å². The number of nitrogens with one attached hydrogen (secondary N) is 1. The number of rotatable bonds is 8. The van der Waals surface area contributed by atoms with Crippen LogP contribution in [0.15, 0.2) is 42.5 Å². The molecule has 0 aliphatic heterocycles. The quantitative estimate of drug-likeness (QED) is 0.806. The van der Waals surface area contributed by atoms with Crippen LogP contribution >= 0.6 is 0 Å². The van der Waals surface area contributed by atoms with Crippen LogP contribution in [-0.4, -0.2) is 29.9 Å². The first kappa shape index (κ1) is 16.0. The molecule has 0 spiro atoms. The lowest BCUT2D eigenvalue weighted by atomic mass is 10.0. The Balaban J connectivity index is 1.66. The molecule has 3 nitrogen and oxygen atoms in total. The molecule has 3 rings (SSSR count). The van der Waals surface area contributed by atoms with E-state index in [0.717, 1.165) is 26.1 Å². The van der Waals surface area contributed by atoms with Gasteiger partial charge in [-0.15, -0.1) is 0 Å². The van der Waals surface area contributed by atoms with Crippen molar-refractivity contribution >= 4 is 16.7 Å². The summed E-state index contributed by atoms with van der Waals surface area (Å²) >= 11 is 0. The molecule has 2 aromatic carbocycles. The minimum Gasteiger partial charge on any atom is -0.356 e. The third kappa shape index (κ3) is 4.32. The molecule has 1 aliphatic rings. The topological polar surface area (TPSA) is 32.3 Å². The van der Waals surface area contributed by atoms with Gasteiger partial charge in [-0.2, -0.15) is 0 Å². The van der Waals surface area contributed by atoms with Crippen LogP contribution in [0.5, 0.6) is 0 Å². The number of hydrogen-bond donors (Lipinski definition) is 1. The summed E-state index contributed by atoms with van der Waals surface area (Å²) in [4.78, 5) is 14.4. The number of amides is 1. The number of carbonyl (C=O) groups is 1. The van der Waals surface area contributed by atoms with Gasteiger partial charge in [-0.25, -0.2) is 0 Å². The van der Waals surface area contributed by atoms with Crippen molar-refractivity contribution in [1.29, 1.82) is 0 Å². The number of nitrogens with zero attached hydrogens (tertiary/aromatic N) is 1. The average molecular weight is 310 g/mol. The summed E-state index contributed by atoms with van der Waals surface area (Å²) in [5.41, 5.74) is 1.36. The van der Waals surface area contributed by atoms with Gasteiger partial charge < -0.3 is 5.32 Å². The molecule has 0 bridgehead atoms. The zero-order valence-electron chi connectivity index (χ0n) is 13.9. The summed E-state index contributed by atoms with van der Waals surface area (Å²) in [6, 6.07) is 15.7. The molecular weight excluding hydrogens is 284 g/mol. The Hall–Kier alpha value is -1.87. The fourth-order valence-corrected chi connectivity index (χ4v) is 3.08. The van der Waals surface area contributed by atoms with Gasteiger partial charge in [-0.3, -0.25) is 9.69 Å². The van der Waals surface area contributed by atoms with Crippen molar-refractivity contribution in [3.63, 3.8) is 0 Å². The molecule has 0 saturated heterocycles. The highest BCUT2D eigenvalue weighted by Gasteiger charge is 2.29. The Kier molecular flexibility index (Phi) is 5.29. The molecule has 0 atom stereocenters. The zero-order valence-corrected chi connectivity index (χ0v) is 13.9. The molecule has 122 valence electrons. The van der Waals surface area contributed by atoms with Crippen LogP contribution in [0.2, 0.25) is 0 Å². The lowest BCUT2D eigenvalue weighted by Gasteiger charge is -2.22. The molecule has 1 amide bonds. The predicted molar refractivity (Wildman–Crippen MR) is 95.3 cm³/mol. The molecule has 1 fully saturated rings. The summed E-state index contributed by atoms with van der Waals surface area (Å²) in [6.45, 7) is 4.65. The van der Waals surface area contributed by atoms with Gasteiger partial charge in [-0.1, -0.05) is 49.4 Å². The average Bonchev–Trinajstić information content (AvgIpc) is 3.41. The van der Waals surface area contributed by atoms with E-state index in [4.69, 9.17) is 0 Å². The largest absolute Gasteiger partial charge is 0.356 e. The highest BCUT2D eigenvalue weighted by Crippen LogP contribution is 2.30. The summed E-state index contributed by atoms with van der Waals surface area (Å²) in [6.07, 6.45) is 4.12. The van der Waals surface area contributed by atoms with Crippen LogP contribution in [-0.2, 0) is 11.3 Å². The van der Waals surface area contributed by atoms with Crippen molar-refractivity contribution in [2.24, 2.45) is 0 Å². The Bertz CT molecular complexity index is 658. The summed E-state index contributed by atoms with van der Waals surface area (Å²) < 4.78 is 0. The Morgan fingerprint density at radius 3 is 2.74 bits per heavy atom. The lowest BCUT2D eigenvalue weighted by molar-refractivity contribution is -0.121. The second-order valence-corrected chi connectivity index (χ2v) is 6.44. The summed E-state index contributed by atoms with van der Waals surface area (Å²) in [7, 11) is 0. The molecule has 0 unspecified atom stereocenters. The van der Waals surface area contributed by atoms with Gasteiger partial charge >= 0.3 is 0 Å². The number of fused-ring (bicyclic) bond motifs is 1. The number of carbonyl (C=O) groups excluding carboxylic acids is 1. The van der Waals surface area contributed by atoms with Gasteiger partial charge in [0, 0.05) is 32.1 Å². The van der Waals surface area contributed by atoms with E-state index in [0.29, 0.717) is 12.5 Å². The number of benzene rings is 2. The van der Waals surface area contributed by atoms with E-state index in [1.807, 2.05) is 0 Å². The van der Waals surface area contributed by atoms with Gasteiger partial charge in [-0.05, 0) is 35.6 Å². The molecule has 23 heavy (non-hydrogen) atoms. The monoisotopic (exact) mass is 310 g/mol. The fraction of sp³-hybridized carbons (Fsp3) is 0.450. The predicted octanol–water partition coefficient (Wildman–Crippen LogP) is 3.72. The fourth-order valence-electron chi connectivity index (χ4n) is 3.08. The highest BCUT2D eigenvalue weighted by atomic mass is 16.1. The van der Waals surface area contributed by atoms with Crippen LogP contribution in [0, 0.1) is 0 Å². The van der Waals surface area contributed by atoms with Gasteiger partial charge in [0.25, 0.3) is 0 Å². The maximum absolute atomic E-state index is 11.9. The maximum atomic E-state index is 11.9. The van der Waals surface area contributed by atoms with E-state index >= 15 is 0 Å². The summed E-state index contributed by atoms with van der Waals surface area (Å²) in [5.74, 6) is 0.176. The smallest absolute Gasteiger partial charge is 0.221 e. The first-order valence-electron chi connectivity index (χ1n) is 8.75. The lowest BCUT2D eigenvalue weighted by Crippen LogP contribution is -2.32. The second-order valence-electron chi connectivity index (χ2n) is 6.44. The standard InChI is InChI=1S/C20H26N2O/c1-2-13-21-20(23)12-14-22(18-10-11-18)15-17-8-5-7-16-6-3-4-9-19(16)17/h3-9,18H,2,10-15H2,1H3,(H,21,23). The zero-order chi connectivity index (χ0) is 16.1. The first-order chi connectivity index (χ1) is 11.3. The molecule has 1 saturated carbocycles. The van der Waals surface area contributed by atoms with Crippen LogP contribution in [0.3, 0.4) is 0 Å². The minimum absolute atomic E-state index is 0.176.